The van der Waals surface area contributed by atoms with Crippen LogP contribution in [0.5, 0.6) is 0 Å². The minimum absolute atomic E-state index is 0.0381. The number of amidine groups is 1. The van der Waals surface area contributed by atoms with Crippen molar-refractivity contribution in [2.24, 2.45) is 16.3 Å². The molecule has 0 atom stereocenters. The first-order valence-corrected chi connectivity index (χ1v) is 7.42. The van der Waals surface area contributed by atoms with Crippen molar-refractivity contribution in [3.05, 3.63) is 29.8 Å². The van der Waals surface area contributed by atoms with Crippen LogP contribution >= 0.6 is 0 Å². The Kier molecular flexibility index (Phi) is 4.50. The van der Waals surface area contributed by atoms with Gasteiger partial charge in [-0.2, -0.15) is 0 Å². The van der Waals surface area contributed by atoms with E-state index in [1.807, 2.05) is 38.1 Å². The van der Waals surface area contributed by atoms with Gasteiger partial charge in [0.25, 0.3) is 0 Å². The van der Waals surface area contributed by atoms with Crippen molar-refractivity contribution in [3.63, 3.8) is 0 Å². The fourth-order valence-corrected chi connectivity index (χ4v) is 3.15. The molecule has 5 heteroatoms. The van der Waals surface area contributed by atoms with Crippen LogP contribution in [0.3, 0.4) is 0 Å². The first kappa shape index (κ1) is 15.4. The number of carbonyl (C=O) groups is 1. The van der Waals surface area contributed by atoms with Crippen LogP contribution in [0.1, 0.15) is 38.2 Å². The van der Waals surface area contributed by atoms with Crippen molar-refractivity contribution < 1.29 is 10.0 Å². The number of amides is 1. The first-order chi connectivity index (χ1) is 10.0. The molecule has 0 spiro atoms. The molecular formula is C16H23N3O2. The highest BCUT2D eigenvalue weighted by Crippen LogP contribution is 2.41. The Bertz CT molecular complexity index is 548. The normalized spacial score (nSPS) is 17.7. The number of nitrogens with two attached hydrogens (primary N) is 1. The number of nitrogens with zero attached hydrogens (tertiary/aromatic N) is 2. The molecule has 1 fully saturated rings. The molecule has 114 valence electrons. The zero-order valence-corrected chi connectivity index (χ0v) is 12.7. The molecule has 0 radical (unpaired) electrons. The number of benzene rings is 1. The molecule has 1 saturated carbocycles. The van der Waals surface area contributed by atoms with Crippen LogP contribution < -0.4 is 10.6 Å². The molecule has 0 unspecified atom stereocenters. The lowest BCUT2D eigenvalue weighted by Gasteiger charge is -2.33. The summed E-state index contributed by atoms with van der Waals surface area (Å²) in [6.45, 7) is 4.49. The standard InChI is InChI=1S/C16H23N3O2/c1-3-19(13-8-6-7-12(2)11-13)15(20)16(14(17)18-21)9-4-5-10-16/h6-8,11,21H,3-5,9-10H2,1-2H3,(H2,17,18). The maximum atomic E-state index is 13.1. The van der Waals surface area contributed by atoms with E-state index in [0.29, 0.717) is 19.4 Å². The molecule has 0 saturated heterocycles. The van der Waals surface area contributed by atoms with Gasteiger partial charge in [0, 0.05) is 12.2 Å². The Morgan fingerprint density at radius 3 is 2.62 bits per heavy atom. The molecule has 0 aliphatic heterocycles. The number of rotatable bonds is 4. The molecule has 1 aliphatic rings. The highest BCUT2D eigenvalue weighted by molar-refractivity contribution is 6.13. The molecule has 1 amide bonds. The van der Waals surface area contributed by atoms with Gasteiger partial charge in [-0.25, -0.2) is 0 Å². The van der Waals surface area contributed by atoms with E-state index in [-0.39, 0.29) is 11.7 Å². The largest absolute Gasteiger partial charge is 0.409 e. The SMILES string of the molecule is CCN(C(=O)C1(C(N)=NO)CCCC1)c1cccc(C)c1. The number of anilines is 1. The minimum Gasteiger partial charge on any atom is -0.409 e. The highest BCUT2D eigenvalue weighted by atomic mass is 16.4. The second kappa shape index (κ2) is 6.16. The van der Waals surface area contributed by atoms with Crippen molar-refractivity contribution in [2.75, 3.05) is 11.4 Å². The molecule has 21 heavy (non-hydrogen) atoms. The van der Waals surface area contributed by atoms with Gasteiger partial charge in [-0.15, -0.1) is 0 Å². The second-order valence-corrected chi connectivity index (χ2v) is 5.66. The van der Waals surface area contributed by atoms with E-state index in [1.165, 1.54) is 0 Å². The van der Waals surface area contributed by atoms with Crippen LogP contribution in [-0.2, 0) is 4.79 Å². The predicted molar refractivity (Wildman–Crippen MR) is 83.5 cm³/mol. The van der Waals surface area contributed by atoms with E-state index in [4.69, 9.17) is 10.9 Å². The number of hydrogen-bond donors (Lipinski definition) is 2. The maximum Gasteiger partial charge on any atom is 0.240 e. The Morgan fingerprint density at radius 1 is 1.43 bits per heavy atom. The molecular weight excluding hydrogens is 266 g/mol. The van der Waals surface area contributed by atoms with Crippen LogP contribution in [0.25, 0.3) is 0 Å². The van der Waals surface area contributed by atoms with Crippen molar-refractivity contribution in [2.45, 2.75) is 39.5 Å². The average Bonchev–Trinajstić information content (AvgIpc) is 2.98. The molecule has 1 aromatic rings. The predicted octanol–water partition coefficient (Wildman–Crippen LogP) is 2.65. The zero-order chi connectivity index (χ0) is 15.5. The van der Waals surface area contributed by atoms with E-state index in [2.05, 4.69) is 5.16 Å². The monoisotopic (exact) mass is 289 g/mol. The summed E-state index contributed by atoms with van der Waals surface area (Å²) in [6.07, 6.45) is 3.13. The molecule has 2 rings (SSSR count). The smallest absolute Gasteiger partial charge is 0.240 e. The Morgan fingerprint density at radius 2 is 2.10 bits per heavy atom. The summed E-state index contributed by atoms with van der Waals surface area (Å²) < 4.78 is 0. The van der Waals surface area contributed by atoms with E-state index in [9.17, 15) is 4.79 Å². The van der Waals surface area contributed by atoms with Gasteiger partial charge in [0.1, 0.15) is 5.41 Å². The first-order valence-electron chi connectivity index (χ1n) is 7.42. The highest BCUT2D eigenvalue weighted by Gasteiger charge is 2.47. The van der Waals surface area contributed by atoms with Crippen molar-refractivity contribution in [3.8, 4) is 0 Å². The summed E-state index contributed by atoms with van der Waals surface area (Å²) in [5.41, 5.74) is 6.98. The summed E-state index contributed by atoms with van der Waals surface area (Å²) in [4.78, 5) is 14.8. The third kappa shape index (κ3) is 2.73. The fraction of sp³-hybridized carbons (Fsp3) is 0.500. The van der Waals surface area contributed by atoms with Gasteiger partial charge in [0.15, 0.2) is 5.84 Å². The molecule has 1 aromatic carbocycles. The van der Waals surface area contributed by atoms with Crippen LogP contribution in [-0.4, -0.2) is 23.5 Å². The molecule has 0 heterocycles. The van der Waals surface area contributed by atoms with Gasteiger partial charge in [0.05, 0.1) is 0 Å². The number of hydrogen-bond acceptors (Lipinski definition) is 3. The molecule has 3 N–H and O–H groups in total. The van der Waals surface area contributed by atoms with Crippen LogP contribution in [0.2, 0.25) is 0 Å². The Labute approximate surface area is 125 Å². The summed E-state index contributed by atoms with van der Waals surface area (Å²) in [6, 6.07) is 7.84. The van der Waals surface area contributed by atoms with Crippen LogP contribution in [0.4, 0.5) is 5.69 Å². The van der Waals surface area contributed by atoms with Crippen molar-refractivity contribution in [1.29, 1.82) is 0 Å². The van der Waals surface area contributed by atoms with Crippen molar-refractivity contribution in [1.82, 2.24) is 0 Å². The van der Waals surface area contributed by atoms with E-state index in [1.54, 1.807) is 4.90 Å². The van der Waals surface area contributed by atoms with Crippen molar-refractivity contribution >= 4 is 17.4 Å². The molecule has 0 aromatic heterocycles. The Balaban J connectivity index is 2.39. The second-order valence-electron chi connectivity index (χ2n) is 5.66. The van der Waals surface area contributed by atoms with Gasteiger partial charge in [0.2, 0.25) is 5.91 Å². The van der Waals surface area contributed by atoms with E-state index >= 15 is 0 Å². The van der Waals surface area contributed by atoms with Crippen LogP contribution in [0.15, 0.2) is 29.4 Å². The summed E-state index contributed by atoms with van der Waals surface area (Å²) in [7, 11) is 0. The quantitative estimate of drug-likeness (QED) is 0.387. The lowest BCUT2D eigenvalue weighted by Crippen LogP contribution is -2.50. The number of oxime groups is 1. The van der Waals surface area contributed by atoms with Crippen LogP contribution in [0, 0.1) is 12.3 Å². The van der Waals surface area contributed by atoms with Gasteiger partial charge in [-0.3, -0.25) is 4.79 Å². The summed E-state index contributed by atoms with van der Waals surface area (Å²) in [5.74, 6) is -0.0282. The lowest BCUT2D eigenvalue weighted by atomic mass is 9.83. The Hall–Kier alpha value is -2.04. The zero-order valence-electron chi connectivity index (χ0n) is 12.7. The number of carbonyl (C=O) groups excluding carboxylic acids is 1. The lowest BCUT2D eigenvalue weighted by molar-refractivity contribution is -0.124. The fourth-order valence-electron chi connectivity index (χ4n) is 3.15. The third-order valence-electron chi connectivity index (χ3n) is 4.34. The molecule has 5 nitrogen and oxygen atoms in total. The van der Waals surface area contributed by atoms with Gasteiger partial charge in [-0.1, -0.05) is 30.1 Å². The number of aryl methyl sites for hydroxylation is 1. The topological polar surface area (TPSA) is 78.9 Å². The maximum absolute atomic E-state index is 13.1. The van der Waals surface area contributed by atoms with Gasteiger partial charge < -0.3 is 15.8 Å². The summed E-state index contributed by atoms with van der Waals surface area (Å²) >= 11 is 0. The van der Waals surface area contributed by atoms with E-state index in [0.717, 1.165) is 24.1 Å². The molecule has 0 bridgehead atoms. The third-order valence-corrected chi connectivity index (χ3v) is 4.34. The minimum atomic E-state index is -0.853. The average molecular weight is 289 g/mol. The molecule has 1 aliphatic carbocycles. The van der Waals surface area contributed by atoms with Gasteiger partial charge >= 0.3 is 0 Å². The summed E-state index contributed by atoms with van der Waals surface area (Å²) in [5, 5.41) is 12.2. The van der Waals surface area contributed by atoms with Gasteiger partial charge in [-0.05, 0) is 44.4 Å². The van der Waals surface area contributed by atoms with E-state index < -0.39 is 5.41 Å².